The van der Waals surface area contributed by atoms with E-state index in [-0.39, 0.29) is 0 Å². The van der Waals surface area contributed by atoms with Crippen molar-refractivity contribution >= 4 is 10.8 Å². The van der Waals surface area contributed by atoms with Gasteiger partial charge in [0.1, 0.15) is 5.75 Å². The molecule has 1 N–H and O–H groups in total. The van der Waals surface area contributed by atoms with E-state index in [1.807, 2.05) is 0 Å². The first-order chi connectivity index (χ1) is 10.2. The summed E-state index contributed by atoms with van der Waals surface area (Å²) in [6, 6.07) is 12.9. The molecule has 0 heterocycles. The maximum absolute atomic E-state index is 5.63. The summed E-state index contributed by atoms with van der Waals surface area (Å²) in [5.41, 5.74) is 1.41. The van der Waals surface area contributed by atoms with Crippen LogP contribution in [0.25, 0.3) is 10.8 Å². The second-order valence-electron chi connectivity index (χ2n) is 6.56. The zero-order chi connectivity index (χ0) is 14.8. The minimum Gasteiger partial charge on any atom is -0.496 e. The Labute approximate surface area is 127 Å². The van der Waals surface area contributed by atoms with E-state index in [0.717, 1.165) is 24.8 Å². The molecule has 1 saturated carbocycles. The summed E-state index contributed by atoms with van der Waals surface area (Å²) in [6.45, 7) is 6.74. The van der Waals surface area contributed by atoms with Crippen molar-refractivity contribution in [1.29, 1.82) is 0 Å². The molecule has 0 saturated heterocycles. The van der Waals surface area contributed by atoms with Crippen LogP contribution in [0, 0.1) is 11.8 Å². The minimum atomic E-state index is 0.644. The molecule has 21 heavy (non-hydrogen) atoms. The van der Waals surface area contributed by atoms with E-state index in [1.165, 1.54) is 22.8 Å². The fraction of sp³-hybridized carbons (Fsp3) is 0.474. The number of ether oxygens (including phenoxy) is 1. The van der Waals surface area contributed by atoms with Crippen molar-refractivity contribution in [3.63, 3.8) is 0 Å². The molecule has 1 aliphatic carbocycles. The number of nitrogens with one attached hydrogen (secondary N) is 1. The molecule has 2 nitrogen and oxygen atoms in total. The predicted octanol–water partition coefficient (Wildman–Crippen LogP) is 4.20. The molecule has 1 fully saturated rings. The van der Waals surface area contributed by atoms with Crippen molar-refractivity contribution < 1.29 is 4.74 Å². The molecular formula is C19H25NO. The number of methoxy groups -OCH3 is 1. The van der Waals surface area contributed by atoms with Crippen LogP contribution in [0.15, 0.2) is 36.4 Å². The topological polar surface area (TPSA) is 21.3 Å². The second kappa shape index (κ2) is 6.07. The summed E-state index contributed by atoms with van der Waals surface area (Å²) < 4.78 is 5.63. The quantitative estimate of drug-likeness (QED) is 0.858. The lowest BCUT2D eigenvalue weighted by Crippen LogP contribution is -2.22. The first kappa shape index (κ1) is 14.4. The molecule has 2 atom stereocenters. The fourth-order valence-corrected chi connectivity index (χ4v) is 3.22. The van der Waals surface area contributed by atoms with Crippen LogP contribution in [0.2, 0.25) is 0 Å². The third-order valence-corrected chi connectivity index (χ3v) is 4.40. The highest BCUT2D eigenvalue weighted by Gasteiger charge is 2.40. The van der Waals surface area contributed by atoms with Crippen LogP contribution in [0.4, 0.5) is 0 Å². The van der Waals surface area contributed by atoms with Crippen molar-refractivity contribution in [3.05, 3.63) is 42.0 Å². The average molecular weight is 283 g/mol. The van der Waals surface area contributed by atoms with Gasteiger partial charge < -0.3 is 10.1 Å². The second-order valence-corrected chi connectivity index (χ2v) is 6.56. The number of fused-ring (bicyclic) bond motifs is 1. The number of benzene rings is 2. The lowest BCUT2D eigenvalue weighted by atomic mass is 9.99. The summed E-state index contributed by atoms with van der Waals surface area (Å²) >= 11 is 0. The van der Waals surface area contributed by atoms with E-state index in [9.17, 15) is 0 Å². The third kappa shape index (κ3) is 3.06. The van der Waals surface area contributed by atoms with Crippen LogP contribution < -0.4 is 10.1 Å². The molecule has 2 unspecified atom stereocenters. The molecule has 0 aromatic heterocycles. The van der Waals surface area contributed by atoms with Gasteiger partial charge in [0.2, 0.25) is 0 Å². The summed E-state index contributed by atoms with van der Waals surface area (Å²) in [6.07, 6.45) is 1.27. The van der Waals surface area contributed by atoms with Gasteiger partial charge in [-0.25, -0.2) is 0 Å². The van der Waals surface area contributed by atoms with E-state index in [1.54, 1.807) is 7.11 Å². The van der Waals surface area contributed by atoms with Gasteiger partial charge in [-0.2, -0.15) is 0 Å². The molecular weight excluding hydrogens is 258 g/mol. The highest BCUT2D eigenvalue weighted by molar-refractivity contribution is 5.88. The van der Waals surface area contributed by atoms with Crippen LogP contribution in [-0.2, 0) is 0 Å². The van der Waals surface area contributed by atoms with Crippen LogP contribution in [-0.4, -0.2) is 20.2 Å². The molecule has 112 valence electrons. The summed E-state index contributed by atoms with van der Waals surface area (Å²) in [7, 11) is 1.78. The van der Waals surface area contributed by atoms with E-state index in [2.05, 4.69) is 55.6 Å². The summed E-state index contributed by atoms with van der Waals surface area (Å²) in [4.78, 5) is 0. The van der Waals surface area contributed by atoms with Crippen LogP contribution in [0.3, 0.4) is 0 Å². The number of hydrogen-bond acceptors (Lipinski definition) is 2. The molecule has 2 aromatic rings. The zero-order valence-electron chi connectivity index (χ0n) is 13.2. The van der Waals surface area contributed by atoms with Crippen LogP contribution in [0.1, 0.15) is 31.7 Å². The van der Waals surface area contributed by atoms with Crippen molar-refractivity contribution in [2.75, 3.05) is 20.2 Å². The average Bonchev–Trinajstić information content (AvgIpc) is 3.24. The third-order valence-electron chi connectivity index (χ3n) is 4.40. The molecule has 0 amide bonds. The Morgan fingerprint density at radius 1 is 1.19 bits per heavy atom. The molecule has 3 rings (SSSR count). The Kier molecular flexibility index (Phi) is 4.16. The first-order valence-corrected chi connectivity index (χ1v) is 7.97. The van der Waals surface area contributed by atoms with Gasteiger partial charge in [-0.1, -0.05) is 44.2 Å². The van der Waals surface area contributed by atoms with Crippen molar-refractivity contribution in [2.45, 2.75) is 26.2 Å². The van der Waals surface area contributed by atoms with Gasteiger partial charge >= 0.3 is 0 Å². The highest BCUT2D eigenvalue weighted by Crippen LogP contribution is 2.52. The molecule has 2 heteroatoms. The largest absolute Gasteiger partial charge is 0.496 e. The molecule has 0 aliphatic heterocycles. The van der Waals surface area contributed by atoms with E-state index in [0.29, 0.717) is 11.8 Å². The molecule has 0 radical (unpaired) electrons. The summed E-state index contributed by atoms with van der Waals surface area (Å²) in [5, 5.41) is 6.26. The van der Waals surface area contributed by atoms with Gasteiger partial charge in [0.05, 0.1) is 7.11 Å². The molecule has 1 aliphatic rings. The van der Waals surface area contributed by atoms with Gasteiger partial charge in [-0.05, 0) is 54.1 Å². The first-order valence-electron chi connectivity index (χ1n) is 7.97. The van der Waals surface area contributed by atoms with Crippen LogP contribution >= 0.6 is 0 Å². The molecule has 0 bridgehead atoms. The maximum Gasteiger partial charge on any atom is 0.122 e. The summed E-state index contributed by atoms with van der Waals surface area (Å²) in [5.74, 6) is 3.16. The number of rotatable bonds is 6. The fourth-order valence-electron chi connectivity index (χ4n) is 3.22. The van der Waals surface area contributed by atoms with Crippen molar-refractivity contribution in [3.8, 4) is 5.75 Å². The highest BCUT2D eigenvalue weighted by atomic mass is 16.5. The Morgan fingerprint density at radius 3 is 2.76 bits per heavy atom. The SMILES string of the molecule is COc1ccc2ccccc2c1C1CC1CNCC(C)C. The Bertz CT molecular complexity index is 620. The predicted molar refractivity (Wildman–Crippen MR) is 89.1 cm³/mol. The lowest BCUT2D eigenvalue weighted by molar-refractivity contribution is 0.409. The lowest BCUT2D eigenvalue weighted by Gasteiger charge is -2.13. The van der Waals surface area contributed by atoms with Crippen LogP contribution in [0.5, 0.6) is 5.75 Å². The van der Waals surface area contributed by atoms with Gasteiger partial charge in [0.15, 0.2) is 0 Å². The normalized spacial score (nSPS) is 21.0. The smallest absolute Gasteiger partial charge is 0.122 e. The Morgan fingerprint density at radius 2 is 2.00 bits per heavy atom. The standard InChI is InChI=1S/C19H25NO/c1-13(2)11-20-12-15-10-17(15)19-16-7-5-4-6-14(16)8-9-18(19)21-3/h4-9,13,15,17,20H,10-12H2,1-3H3. The van der Waals surface area contributed by atoms with Gasteiger partial charge in [0.25, 0.3) is 0 Å². The maximum atomic E-state index is 5.63. The Balaban J connectivity index is 1.81. The van der Waals surface area contributed by atoms with Crippen molar-refractivity contribution in [2.24, 2.45) is 11.8 Å². The van der Waals surface area contributed by atoms with Gasteiger partial charge in [-0.3, -0.25) is 0 Å². The molecule has 2 aromatic carbocycles. The minimum absolute atomic E-state index is 0.644. The van der Waals surface area contributed by atoms with Crippen molar-refractivity contribution in [1.82, 2.24) is 5.32 Å². The van der Waals surface area contributed by atoms with E-state index >= 15 is 0 Å². The monoisotopic (exact) mass is 283 g/mol. The van der Waals surface area contributed by atoms with Gasteiger partial charge in [0, 0.05) is 5.56 Å². The van der Waals surface area contributed by atoms with E-state index in [4.69, 9.17) is 4.74 Å². The van der Waals surface area contributed by atoms with E-state index < -0.39 is 0 Å². The molecule has 0 spiro atoms. The van der Waals surface area contributed by atoms with Gasteiger partial charge in [-0.15, -0.1) is 0 Å². The number of hydrogen-bond donors (Lipinski definition) is 1. The zero-order valence-corrected chi connectivity index (χ0v) is 13.2. The Hall–Kier alpha value is -1.54.